The van der Waals surface area contributed by atoms with Gasteiger partial charge in [-0.05, 0) is 25.5 Å². The second-order valence-electron chi connectivity index (χ2n) is 5.43. The highest BCUT2D eigenvalue weighted by atomic mass is 16.5. The largest absolute Gasteiger partial charge is 0.372 e. The molecule has 2 saturated heterocycles. The lowest BCUT2D eigenvalue weighted by molar-refractivity contribution is -0.0405. The quantitative estimate of drug-likeness (QED) is 0.877. The molecule has 0 saturated carbocycles. The molecule has 98 valence electrons. The van der Waals surface area contributed by atoms with Gasteiger partial charge in [0.15, 0.2) is 0 Å². The van der Waals surface area contributed by atoms with E-state index in [1.807, 2.05) is 7.05 Å². The van der Waals surface area contributed by atoms with Crippen LogP contribution in [-0.4, -0.2) is 43.8 Å². The Morgan fingerprint density at radius 1 is 1.22 bits per heavy atom. The average molecular weight is 246 g/mol. The summed E-state index contributed by atoms with van der Waals surface area (Å²) in [6, 6.07) is 11.1. The Balaban J connectivity index is 1.64. The lowest BCUT2D eigenvalue weighted by Gasteiger charge is -2.34. The average Bonchev–Trinajstić information content (AvgIpc) is 2.76. The van der Waals surface area contributed by atoms with Crippen molar-refractivity contribution in [1.29, 1.82) is 0 Å². The number of likely N-dealkylation sites (N-methyl/N-ethyl adjacent to an activating group) is 1. The monoisotopic (exact) mass is 246 g/mol. The van der Waals surface area contributed by atoms with E-state index in [-0.39, 0.29) is 0 Å². The van der Waals surface area contributed by atoms with Crippen molar-refractivity contribution in [3.63, 3.8) is 0 Å². The number of nitrogens with one attached hydrogen (secondary N) is 1. The van der Waals surface area contributed by atoms with Gasteiger partial charge in [0.05, 0.1) is 12.2 Å². The Morgan fingerprint density at radius 3 is 2.50 bits per heavy atom. The molecule has 0 amide bonds. The fraction of sp³-hybridized carbons (Fsp3) is 0.600. The Labute approximate surface area is 109 Å². The van der Waals surface area contributed by atoms with E-state index in [0.717, 1.165) is 19.6 Å². The van der Waals surface area contributed by atoms with Gasteiger partial charge >= 0.3 is 0 Å². The zero-order chi connectivity index (χ0) is 12.4. The number of ether oxygens (including phenoxy) is 1. The third kappa shape index (κ3) is 2.58. The molecule has 3 atom stereocenters. The number of benzene rings is 1. The van der Waals surface area contributed by atoms with Gasteiger partial charge in [0.2, 0.25) is 0 Å². The first kappa shape index (κ1) is 12.2. The van der Waals surface area contributed by atoms with Crippen LogP contribution in [0.1, 0.15) is 24.4 Å². The highest BCUT2D eigenvalue weighted by Crippen LogP contribution is 2.27. The van der Waals surface area contributed by atoms with Crippen molar-refractivity contribution >= 4 is 0 Å². The van der Waals surface area contributed by atoms with Crippen LogP contribution in [0.15, 0.2) is 30.3 Å². The number of hydrogen-bond donors (Lipinski definition) is 1. The number of rotatable bonds is 4. The van der Waals surface area contributed by atoms with E-state index in [2.05, 4.69) is 40.5 Å². The highest BCUT2D eigenvalue weighted by molar-refractivity contribution is 5.19. The first-order chi connectivity index (χ1) is 8.85. The van der Waals surface area contributed by atoms with E-state index in [4.69, 9.17) is 4.74 Å². The van der Waals surface area contributed by atoms with Crippen LogP contribution in [0.3, 0.4) is 0 Å². The minimum absolute atomic E-state index is 0.420. The van der Waals surface area contributed by atoms with Crippen molar-refractivity contribution in [2.75, 3.05) is 26.7 Å². The number of morpholine rings is 1. The Hall–Kier alpha value is -0.900. The van der Waals surface area contributed by atoms with Crippen molar-refractivity contribution < 1.29 is 4.74 Å². The summed E-state index contributed by atoms with van der Waals surface area (Å²) in [5.41, 5.74) is 1.37. The van der Waals surface area contributed by atoms with Gasteiger partial charge < -0.3 is 10.1 Å². The highest BCUT2D eigenvalue weighted by Gasteiger charge is 2.34. The Kier molecular flexibility index (Phi) is 3.64. The molecule has 2 heterocycles. The Bertz CT molecular complexity index is 369. The smallest absolute Gasteiger partial charge is 0.0707 e. The van der Waals surface area contributed by atoms with E-state index in [1.54, 1.807) is 0 Å². The van der Waals surface area contributed by atoms with Crippen molar-refractivity contribution in [1.82, 2.24) is 10.2 Å². The standard InChI is InChI=1S/C15H22N2O/c1-16-15(12-5-3-2-4-6-12)11-17-9-13-7-8-14(10-17)18-13/h2-6,13-16H,7-11H2,1H3. The van der Waals surface area contributed by atoms with E-state index in [0.29, 0.717) is 18.2 Å². The van der Waals surface area contributed by atoms with Crippen molar-refractivity contribution in [3.05, 3.63) is 35.9 Å². The molecule has 3 nitrogen and oxygen atoms in total. The molecule has 0 aliphatic carbocycles. The predicted octanol–water partition coefficient (Wildman–Crippen LogP) is 1.81. The van der Waals surface area contributed by atoms with Crippen LogP contribution in [-0.2, 0) is 4.74 Å². The van der Waals surface area contributed by atoms with Crippen molar-refractivity contribution in [2.24, 2.45) is 0 Å². The second-order valence-corrected chi connectivity index (χ2v) is 5.43. The normalized spacial score (nSPS) is 29.4. The maximum atomic E-state index is 5.89. The first-order valence-corrected chi connectivity index (χ1v) is 6.95. The maximum Gasteiger partial charge on any atom is 0.0707 e. The summed E-state index contributed by atoms with van der Waals surface area (Å²) < 4.78 is 5.89. The van der Waals surface area contributed by atoms with Crippen LogP contribution in [0.5, 0.6) is 0 Å². The fourth-order valence-electron chi connectivity index (χ4n) is 3.16. The van der Waals surface area contributed by atoms with Gasteiger partial charge in [-0.15, -0.1) is 0 Å². The fourth-order valence-corrected chi connectivity index (χ4v) is 3.16. The summed E-state index contributed by atoms with van der Waals surface area (Å²) in [5.74, 6) is 0. The Morgan fingerprint density at radius 2 is 1.89 bits per heavy atom. The van der Waals surface area contributed by atoms with Crippen molar-refractivity contribution in [3.8, 4) is 0 Å². The number of fused-ring (bicyclic) bond motifs is 2. The van der Waals surface area contributed by atoms with E-state index >= 15 is 0 Å². The van der Waals surface area contributed by atoms with E-state index in [1.165, 1.54) is 18.4 Å². The molecule has 3 rings (SSSR count). The zero-order valence-electron chi connectivity index (χ0n) is 11.0. The summed E-state index contributed by atoms with van der Waals surface area (Å²) in [4.78, 5) is 2.56. The molecular weight excluding hydrogens is 224 g/mol. The minimum atomic E-state index is 0.420. The molecule has 3 unspecified atom stereocenters. The molecule has 0 spiro atoms. The van der Waals surface area contributed by atoms with E-state index < -0.39 is 0 Å². The van der Waals surface area contributed by atoms with Gasteiger partial charge in [-0.1, -0.05) is 30.3 Å². The number of nitrogens with zero attached hydrogens (tertiary/aromatic N) is 1. The zero-order valence-corrected chi connectivity index (χ0v) is 11.0. The molecule has 2 bridgehead atoms. The molecule has 3 heteroatoms. The second kappa shape index (κ2) is 5.39. The molecule has 2 aliphatic rings. The third-order valence-electron chi connectivity index (χ3n) is 4.11. The molecule has 1 aromatic carbocycles. The van der Waals surface area contributed by atoms with Crippen LogP contribution >= 0.6 is 0 Å². The van der Waals surface area contributed by atoms with Crippen molar-refractivity contribution in [2.45, 2.75) is 31.1 Å². The van der Waals surface area contributed by atoms with Gasteiger partial charge in [-0.2, -0.15) is 0 Å². The molecule has 1 N–H and O–H groups in total. The predicted molar refractivity (Wildman–Crippen MR) is 72.6 cm³/mol. The summed E-state index contributed by atoms with van der Waals surface area (Å²) in [6.45, 7) is 3.28. The lowest BCUT2D eigenvalue weighted by Crippen LogP contribution is -2.45. The topological polar surface area (TPSA) is 24.5 Å². The van der Waals surface area contributed by atoms with E-state index in [9.17, 15) is 0 Å². The maximum absolute atomic E-state index is 5.89. The number of hydrogen-bond acceptors (Lipinski definition) is 3. The molecule has 0 aromatic heterocycles. The first-order valence-electron chi connectivity index (χ1n) is 6.95. The minimum Gasteiger partial charge on any atom is -0.372 e. The van der Waals surface area contributed by atoms with Gasteiger partial charge in [-0.25, -0.2) is 0 Å². The van der Waals surface area contributed by atoms with Gasteiger partial charge in [0, 0.05) is 25.7 Å². The SMILES string of the molecule is CNC(CN1CC2CCC(C1)O2)c1ccccc1. The molecule has 2 fully saturated rings. The molecular formula is C15H22N2O. The summed E-state index contributed by atoms with van der Waals surface area (Å²) >= 11 is 0. The van der Waals surface area contributed by atoms with Crippen LogP contribution in [0.25, 0.3) is 0 Å². The van der Waals surface area contributed by atoms with Gasteiger partial charge in [0.25, 0.3) is 0 Å². The number of likely N-dealkylation sites (tertiary alicyclic amines) is 1. The van der Waals surface area contributed by atoms with Gasteiger partial charge in [-0.3, -0.25) is 4.90 Å². The lowest BCUT2D eigenvalue weighted by atomic mass is 10.1. The molecule has 2 aliphatic heterocycles. The molecule has 0 radical (unpaired) electrons. The summed E-state index contributed by atoms with van der Waals surface area (Å²) in [7, 11) is 2.05. The van der Waals surface area contributed by atoms with Crippen LogP contribution in [0.4, 0.5) is 0 Å². The van der Waals surface area contributed by atoms with Gasteiger partial charge in [0.1, 0.15) is 0 Å². The summed E-state index contributed by atoms with van der Waals surface area (Å²) in [5, 5.41) is 3.43. The summed E-state index contributed by atoms with van der Waals surface area (Å²) in [6.07, 6.45) is 3.46. The van der Waals surface area contributed by atoms with Crippen LogP contribution < -0.4 is 5.32 Å². The molecule has 18 heavy (non-hydrogen) atoms. The third-order valence-corrected chi connectivity index (χ3v) is 4.11. The van der Waals surface area contributed by atoms with Crippen LogP contribution in [0.2, 0.25) is 0 Å². The van der Waals surface area contributed by atoms with Crippen LogP contribution in [0, 0.1) is 0 Å². The molecule has 1 aromatic rings.